The molecule has 0 radical (unpaired) electrons. The van der Waals surface area contributed by atoms with Gasteiger partial charge in [-0.3, -0.25) is 4.99 Å². The maximum atomic E-state index is 10.7. The predicted molar refractivity (Wildman–Crippen MR) is 77.6 cm³/mol. The third-order valence-corrected chi connectivity index (χ3v) is 2.89. The van der Waals surface area contributed by atoms with E-state index in [0.717, 1.165) is 5.56 Å². The minimum atomic E-state index is -1.21. The van der Waals surface area contributed by atoms with Crippen LogP contribution in [0.1, 0.15) is 15.9 Å². The second kappa shape index (κ2) is 6.56. The van der Waals surface area contributed by atoms with Crippen LogP contribution in [0.3, 0.4) is 0 Å². The smallest absolute Gasteiger partial charge is 0.127 e. The molecule has 0 amide bonds. The summed E-state index contributed by atoms with van der Waals surface area (Å²) >= 11 is 0. The van der Waals surface area contributed by atoms with Crippen LogP contribution in [0.25, 0.3) is 0 Å². The van der Waals surface area contributed by atoms with E-state index in [4.69, 9.17) is 9.47 Å². The highest BCUT2D eigenvalue weighted by molar-refractivity contribution is 5.88. The van der Waals surface area contributed by atoms with Gasteiger partial charge >= 0.3 is 0 Å². The number of hydrogen-bond acceptors (Lipinski definition) is 5. The molecule has 0 aliphatic carbocycles. The summed E-state index contributed by atoms with van der Waals surface area (Å²) in [4.78, 5) is 15.0. The van der Waals surface area contributed by atoms with Gasteiger partial charge < -0.3 is 19.4 Å². The molecule has 5 nitrogen and oxygen atoms in total. The maximum Gasteiger partial charge on any atom is 0.127 e. The lowest BCUT2D eigenvalue weighted by molar-refractivity contribution is -0.255. The van der Waals surface area contributed by atoms with E-state index in [9.17, 15) is 9.90 Å². The summed E-state index contributed by atoms with van der Waals surface area (Å²) in [6.45, 7) is 0. The van der Waals surface area contributed by atoms with Crippen LogP contribution in [0.2, 0.25) is 0 Å². The Hall–Kier alpha value is -2.82. The Kier molecular flexibility index (Phi) is 4.56. The number of nitrogens with zero attached hydrogens (tertiary/aromatic N) is 1. The zero-order chi connectivity index (χ0) is 15.2. The average molecular weight is 284 g/mol. The summed E-state index contributed by atoms with van der Waals surface area (Å²) in [6, 6.07) is 11.5. The molecule has 0 saturated heterocycles. The molecular weight excluding hydrogens is 270 g/mol. The lowest BCUT2D eigenvalue weighted by atomic mass is 10.2. The number of aromatic carboxylic acids is 1. The van der Waals surface area contributed by atoms with Gasteiger partial charge in [-0.1, -0.05) is 12.1 Å². The Morgan fingerprint density at radius 3 is 2.38 bits per heavy atom. The van der Waals surface area contributed by atoms with Crippen molar-refractivity contribution in [2.24, 2.45) is 4.99 Å². The van der Waals surface area contributed by atoms with Gasteiger partial charge in [0.05, 0.1) is 25.9 Å². The van der Waals surface area contributed by atoms with Crippen LogP contribution >= 0.6 is 0 Å². The third-order valence-electron chi connectivity index (χ3n) is 2.89. The molecule has 0 bridgehead atoms. The second-order valence-electron chi connectivity index (χ2n) is 4.20. The fraction of sp³-hybridized carbons (Fsp3) is 0.125. The minimum Gasteiger partial charge on any atom is -0.545 e. The first-order valence-corrected chi connectivity index (χ1v) is 6.21. The van der Waals surface area contributed by atoms with Crippen LogP contribution in [-0.4, -0.2) is 26.4 Å². The van der Waals surface area contributed by atoms with Gasteiger partial charge in [0.1, 0.15) is 11.5 Å². The van der Waals surface area contributed by atoms with Crippen molar-refractivity contribution in [3.63, 3.8) is 0 Å². The Morgan fingerprint density at radius 2 is 1.81 bits per heavy atom. The van der Waals surface area contributed by atoms with E-state index >= 15 is 0 Å². The summed E-state index contributed by atoms with van der Waals surface area (Å²) in [5.41, 5.74) is 1.51. The fourth-order valence-corrected chi connectivity index (χ4v) is 1.77. The van der Waals surface area contributed by atoms with Crippen molar-refractivity contribution in [3.8, 4) is 11.5 Å². The molecule has 0 heterocycles. The second-order valence-corrected chi connectivity index (χ2v) is 4.20. The molecule has 0 aliphatic heterocycles. The highest BCUT2D eigenvalue weighted by Gasteiger charge is 2.02. The molecule has 0 spiro atoms. The quantitative estimate of drug-likeness (QED) is 0.785. The number of methoxy groups -OCH3 is 2. The van der Waals surface area contributed by atoms with E-state index in [2.05, 4.69) is 4.99 Å². The van der Waals surface area contributed by atoms with Gasteiger partial charge in [-0.25, -0.2) is 0 Å². The molecule has 2 aromatic rings. The van der Waals surface area contributed by atoms with Crippen LogP contribution < -0.4 is 14.6 Å². The Morgan fingerprint density at radius 1 is 1.10 bits per heavy atom. The topological polar surface area (TPSA) is 71.0 Å². The summed E-state index contributed by atoms with van der Waals surface area (Å²) in [5, 5.41) is 10.7. The average Bonchev–Trinajstić information content (AvgIpc) is 2.52. The van der Waals surface area contributed by atoms with Crippen LogP contribution in [0.5, 0.6) is 11.5 Å². The minimum absolute atomic E-state index is 0.118. The molecule has 5 heteroatoms. The Balaban J connectivity index is 2.25. The normalized spacial score (nSPS) is 10.6. The molecule has 0 N–H and O–H groups in total. The summed E-state index contributed by atoms with van der Waals surface area (Å²) in [6.07, 6.45) is 1.63. The maximum absolute atomic E-state index is 10.7. The van der Waals surface area contributed by atoms with Gasteiger partial charge in [0.15, 0.2) is 0 Å². The zero-order valence-electron chi connectivity index (χ0n) is 11.7. The number of hydrogen-bond donors (Lipinski definition) is 0. The van der Waals surface area contributed by atoms with Crippen molar-refractivity contribution in [3.05, 3.63) is 53.6 Å². The molecular formula is C16H14NO4-. The van der Waals surface area contributed by atoms with Gasteiger partial charge in [0.2, 0.25) is 0 Å². The Bertz CT molecular complexity index is 662. The number of benzene rings is 2. The van der Waals surface area contributed by atoms with Crippen molar-refractivity contribution in [1.29, 1.82) is 0 Å². The first kappa shape index (κ1) is 14.6. The number of rotatable bonds is 5. The highest BCUT2D eigenvalue weighted by Crippen LogP contribution is 2.23. The third kappa shape index (κ3) is 3.60. The number of carbonyl (C=O) groups excluding carboxylic acids is 1. The van der Waals surface area contributed by atoms with Crippen LogP contribution in [-0.2, 0) is 0 Å². The number of aliphatic imine (C=N–C) groups is 1. The number of carboxylic acids is 1. The molecule has 0 atom stereocenters. The first-order valence-electron chi connectivity index (χ1n) is 6.21. The lowest BCUT2D eigenvalue weighted by Gasteiger charge is -2.07. The van der Waals surface area contributed by atoms with E-state index in [1.54, 1.807) is 50.8 Å². The van der Waals surface area contributed by atoms with Crippen molar-refractivity contribution < 1.29 is 19.4 Å². The van der Waals surface area contributed by atoms with E-state index in [1.807, 2.05) is 0 Å². The SMILES string of the molecule is COc1ccc(OC)c(C=Nc2ccc(C(=O)[O-])cc2)c1. The largest absolute Gasteiger partial charge is 0.545 e. The molecule has 2 rings (SSSR count). The van der Waals surface area contributed by atoms with Crippen molar-refractivity contribution >= 4 is 17.9 Å². The number of carbonyl (C=O) groups is 1. The highest BCUT2D eigenvalue weighted by atomic mass is 16.5. The summed E-state index contributed by atoms with van der Waals surface area (Å²) in [5.74, 6) is 0.162. The fourth-order valence-electron chi connectivity index (χ4n) is 1.77. The number of ether oxygens (including phenoxy) is 2. The molecule has 108 valence electrons. The predicted octanol–water partition coefficient (Wildman–Crippen LogP) is 1.82. The van der Waals surface area contributed by atoms with Gasteiger partial charge in [0, 0.05) is 11.8 Å². The zero-order valence-corrected chi connectivity index (χ0v) is 11.7. The van der Waals surface area contributed by atoms with E-state index < -0.39 is 5.97 Å². The van der Waals surface area contributed by atoms with Crippen molar-refractivity contribution in [2.75, 3.05) is 14.2 Å². The molecule has 0 aromatic heterocycles. The molecule has 0 aliphatic rings. The Labute approximate surface area is 122 Å². The molecule has 0 saturated carbocycles. The monoisotopic (exact) mass is 284 g/mol. The standard InChI is InChI=1S/C16H15NO4/c1-20-14-7-8-15(21-2)12(9-14)10-17-13-5-3-11(4-6-13)16(18)19/h3-10H,1-2H3,(H,18,19)/p-1. The number of carboxylic acid groups (broad SMARTS) is 1. The van der Waals surface area contributed by atoms with Crippen molar-refractivity contribution in [2.45, 2.75) is 0 Å². The van der Waals surface area contributed by atoms with Gasteiger partial charge in [-0.15, -0.1) is 0 Å². The molecule has 0 unspecified atom stereocenters. The van der Waals surface area contributed by atoms with Crippen LogP contribution in [0.4, 0.5) is 5.69 Å². The van der Waals surface area contributed by atoms with Crippen LogP contribution in [0, 0.1) is 0 Å². The molecule has 21 heavy (non-hydrogen) atoms. The summed E-state index contributed by atoms with van der Waals surface area (Å²) in [7, 11) is 3.16. The van der Waals surface area contributed by atoms with Crippen LogP contribution in [0.15, 0.2) is 47.5 Å². The van der Waals surface area contributed by atoms with E-state index in [0.29, 0.717) is 17.2 Å². The van der Waals surface area contributed by atoms with E-state index in [-0.39, 0.29) is 5.56 Å². The van der Waals surface area contributed by atoms with E-state index in [1.165, 1.54) is 12.1 Å². The molecule has 0 fully saturated rings. The molecule has 2 aromatic carbocycles. The van der Waals surface area contributed by atoms with Gasteiger partial charge in [-0.2, -0.15) is 0 Å². The summed E-state index contributed by atoms with van der Waals surface area (Å²) < 4.78 is 10.4. The lowest BCUT2D eigenvalue weighted by Crippen LogP contribution is -2.21. The van der Waals surface area contributed by atoms with Gasteiger partial charge in [0.25, 0.3) is 0 Å². The van der Waals surface area contributed by atoms with Crippen molar-refractivity contribution in [1.82, 2.24) is 0 Å². The van der Waals surface area contributed by atoms with Gasteiger partial charge in [-0.05, 0) is 35.9 Å². The first-order chi connectivity index (χ1) is 10.1.